The number of nitrogens with zero attached hydrogens (tertiary/aromatic N) is 3. The summed E-state index contributed by atoms with van der Waals surface area (Å²) < 4.78 is 7.96. The summed E-state index contributed by atoms with van der Waals surface area (Å²) in [4.78, 5) is 19.2. The maximum absolute atomic E-state index is 13.0. The number of aromatic nitrogens is 2. The van der Waals surface area contributed by atoms with E-state index in [4.69, 9.17) is 4.74 Å². The van der Waals surface area contributed by atoms with E-state index in [-0.39, 0.29) is 17.6 Å². The van der Waals surface area contributed by atoms with E-state index in [9.17, 15) is 4.79 Å². The first-order valence-corrected chi connectivity index (χ1v) is 8.22. The fourth-order valence-electron chi connectivity index (χ4n) is 3.64. The van der Waals surface area contributed by atoms with Crippen LogP contribution in [0.2, 0.25) is 0 Å². The number of hydrogen-bond donors (Lipinski definition) is 0. The molecule has 1 aliphatic heterocycles. The molecule has 0 bridgehead atoms. The SMILES string of the molecule is CC1CN(C(=O)c2cncn2-c2ccccc2)CC2(CCC2)O1. The Labute approximate surface area is 135 Å². The number of carbonyl (C=O) groups excluding carboxylic acids is 1. The first kappa shape index (κ1) is 14.5. The molecule has 5 heteroatoms. The number of hydrogen-bond acceptors (Lipinski definition) is 3. The number of amides is 1. The highest BCUT2D eigenvalue weighted by Gasteiger charge is 2.45. The van der Waals surface area contributed by atoms with Gasteiger partial charge in [-0.1, -0.05) is 18.2 Å². The van der Waals surface area contributed by atoms with Gasteiger partial charge in [-0.05, 0) is 38.3 Å². The van der Waals surface area contributed by atoms with Crippen LogP contribution in [0.15, 0.2) is 42.9 Å². The normalized spacial score (nSPS) is 22.8. The molecule has 1 spiro atoms. The highest BCUT2D eigenvalue weighted by molar-refractivity contribution is 5.93. The molecule has 1 amide bonds. The third kappa shape index (κ3) is 2.55. The summed E-state index contributed by atoms with van der Waals surface area (Å²) in [7, 11) is 0. The van der Waals surface area contributed by atoms with Crippen molar-refractivity contribution >= 4 is 5.91 Å². The second kappa shape index (κ2) is 5.49. The molecule has 23 heavy (non-hydrogen) atoms. The Morgan fingerprint density at radius 3 is 2.78 bits per heavy atom. The molecule has 1 aromatic carbocycles. The van der Waals surface area contributed by atoms with Crippen LogP contribution in [-0.2, 0) is 4.74 Å². The van der Waals surface area contributed by atoms with Crippen LogP contribution in [0.5, 0.6) is 0 Å². The smallest absolute Gasteiger partial charge is 0.272 e. The number of para-hydroxylation sites is 1. The number of morpholine rings is 1. The van der Waals surface area contributed by atoms with Crippen molar-refractivity contribution in [3.8, 4) is 5.69 Å². The lowest BCUT2D eigenvalue weighted by molar-refractivity contribution is -0.176. The Kier molecular flexibility index (Phi) is 3.45. The summed E-state index contributed by atoms with van der Waals surface area (Å²) in [6.45, 7) is 3.38. The van der Waals surface area contributed by atoms with Gasteiger partial charge < -0.3 is 9.64 Å². The van der Waals surface area contributed by atoms with Gasteiger partial charge in [-0.3, -0.25) is 9.36 Å². The first-order valence-electron chi connectivity index (χ1n) is 8.22. The van der Waals surface area contributed by atoms with Gasteiger partial charge in [0.05, 0.1) is 30.8 Å². The molecular weight excluding hydrogens is 290 g/mol. The zero-order valence-corrected chi connectivity index (χ0v) is 13.3. The van der Waals surface area contributed by atoms with E-state index in [0.717, 1.165) is 18.5 Å². The number of benzene rings is 1. The van der Waals surface area contributed by atoms with Gasteiger partial charge in [0.1, 0.15) is 5.69 Å². The van der Waals surface area contributed by atoms with Crippen LogP contribution in [0, 0.1) is 0 Å². The predicted molar refractivity (Wildman–Crippen MR) is 86.6 cm³/mol. The summed E-state index contributed by atoms with van der Waals surface area (Å²) in [5.41, 5.74) is 1.46. The van der Waals surface area contributed by atoms with Crippen LogP contribution in [0.4, 0.5) is 0 Å². The van der Waals surface area contributed by atoms with E-state index in [2.05, 4.69) is 4.98 Å². The number of imidazole rings is 1. The van der Waals surface area contributed by atoms with Crippen LogP contribution in [0.3, 0.4) is 0 Å². The highest BCUT2D eigenvalue weighted by Crippen LogP contribution is 2.40. The highest BCUT2D eigenvalue weighted by atomic mass is 16.5. The Bertz CT molecular complexity index is 706. The van der Waals surface area contributed by atoms with E-state index in [1.54, 1.807) is 12.5 Å². The summed E-state index contributed by atoms with van der Waals surface area (Å²) >= 11 is 0. The van der Waals surface area contributed by atoms with Crippen molar-refractivity contribution in [1.29, 1.82) is 0 Å². The molecule has 2 aliphatic rings. The Morgan fingerprint density at radius 2 is 2.09 bits per heavy atom. The third-order valence-electron chi connectivity index (χ3n) is 4.85. The van der Waals surface area contributed by atoms with Gasteiger partial charge in [-0.2, -0.15) is 0 Å². The van der Waals surface area contributed by atoms with Gasteiger partial charge in [-0.15, -0.1) is 0 Å². The van der Waals surface area contributed by atoms with Crippen LogP contribution in [0.25, 0.3) is 5.69 Å². The van der Waals surface area contributed by atoms with Gasteiger partial charge in [0.15, 0.2) is 0 Å². The molecule has 2 aromatic rings. The maximum atomic E-state index is 13.0. The van der Waals surface area contributed by atoms with Gasteiger partial charge in [0, 0.05) is 12.2 Å². The summed E-state index contributed by atoms with van der Waals surface area (Å²) in [5.74, 6) is 0.0350. The monoisotopic (exact) mass is 311 g/mol. The number of carbonyl (C=O) groups is 1. The standard InChI is InChI=1S/C18H21N3O2/c1-14-11-20(12-18(23-14)8-5-9-18)17(22)16-10-19-13-21(16)15-6-3-2-4-7-15/h2-4,6-7,10,13-14H,5,8-9,11-12H2,1H3. The second-order valence-corrected chi connectivity index (χ2v) is 6.64. The Hall–Kier alpha value is -2.14. The fraction of sp³-hybridized carbons (Fsp3) is 0.444. The van der Waals surface area contributed by atoms with E-state index in [1.807, 2.05) is 46.7 Å². The molecule has 1 saturated carbocycles. The van der Waals surface area contributed by atoms with Crippen molar-refractivity contribution in [3.63, 3.8) is 0 Å². The van der Waals surface area contributed by atoms with Gasteiger partial charge >= 0.3 is 0 Å². The van der Waals surface area contributed by atoms with Crippen LogP contribution in [0.1, 0.15) is 36.7 Å². The predicted octanol–water partition coefficient (Wildman–Crippen LogP) is 2.66. The Balaban J connectivity index is 1.61. The molecule has 1 unspecified atom stereocenters. The molecule has 0 N–H and O–H groups in total. The summed E-state index contributed by atoms with van der Waals surface area (Å²) in [6, 6.07) is 9.85. The summed E-state index contributed by atoms with van der Waals surface area (Å²) in [5, 5.41) is 0. The van der Waals surface area contributed by atoms with E-state index in [1.165, 1.54) is 6.42 Å². The lowest BCUT2D eigenvalue weighted by Gasteiger charge is -2.50. The van der Waals surface area contributed by atoms with Gasteiger partial charge in [0.2, 0.25) is 0 Å². The number of ether oxygens (including phenoxy) is 1. The molecule has 1 atom stereocenters. The molecule has 0 radical (unpaired) electrons. The topological polar surface area (TPSA) is 47.4 Å². The second-order valence-electron chi connectivity index (χ2n) is 6.64. The van der Waals surface area contributed by atoms with Gasteiger partial charge in [-0.25, -0.2) is 4.98 Å². The molecule has 5 nitrogen and oxygen atoms in total. The summed E-state index contributed by atoms with van der Waals surface area (Å²) in [6.07, 6.45) is 6.74. The molecule has 4 rings (SSSR count). The largest absolute Gasteiger partial charge is 0.368 e. The zero-order valence-electron chi connectivity index (χ0n) is 13.3. The van der Waals surface area contributed by atoms with Crippen molar-refractivity contribution < 1.29 is 9.53 Å². The molecule has 1 aromatic heterocycles. The molecule has 120 valence electrons. The van der Waals surface area contributed by atoms with Crippen LogP contribution >= 0.6 is 0 Å². The average molecular weight is 311 g/mol. The van der Waals surface area contributed by atoms with Crippen molar-refractivity contribution in [2.45, 2.75) is 37.9 Å². The van der Waals surface area contributed by atoms with Crippen LogP contribution < -0.4 is 0 Å². The third-order valence-corrected chi connectivity index (χ3v) is 4.85. The molecule has 2 fully saturated rings. The lowest BCUT2D eigenvalue weighted by atomic mass is 9.78. The molecule has 1 saturated heterocycles. The van der Waals surface area contributed by atoms with Crippen molar-refractivity contribution in [3.05, 3.63) is 48.5 Å². The average Bonchev–Trinajstić information content (AvgIpc) is 3.02. The van der Waals surface area contributed by atoms with Crippen molar-refractivity contribution in [2.75, 3.05) is 13.1 Å². The maximum Gasteiger partial charge on any atom is 0.272 e. The lowest BCUT2D eigenvalue weighted by Crippen LogP contribution is -2.59. The first-order chi connectivity index (χ1) is 11.2. The molecular formula is C18H21N3O2. The Morgan fingerprint density at radius 1 is 1.30 bits per heavy atom. The van der Waals surface area contributed by atoms with E-state index in [0.29, 0.717) is 18.8 Å². The zero-order chi connectivity index (χ0) is 15.9. The number of rotatable bonds is 2. The minimum atomic E-state index is -0.106. The van der Waals surface area contributed by atoms with E-state index >= 15 is 0 Å². The van der Waals surface area contributed by atoms with Gasteiger partial charge in [0.25, 0.3) is 5.91 Å². The molecule has 1 aliphatic carbocycles. The van der Waals surface area contributed by atoms with E-state index < -0.39 is 0 Å². The molecule has 2 heterocycles. The minimum absolute atomic E-state index is 0.0350. The quantitative estimate of drug-likeness (QED) is 0.856. The van der Waals surface area contributed by atoms with Crippen molar-refractivity contribution in [1.82, 2.24) is 14.5 Å². The van der Waals surface area contributed by atoms with Crippen molar-refractivity contribution in [2.24, 2.45) is 0 Å². The fourth-order valence-corrected chi connectivity index (χ4v) is 3.64. The minimum Gasteiger partial charge on any atom is -0.368 e. The van der Waals surface area contributed by atoms with Crippen LogP contribution in [-0.4, -0.2) is 45.2 Å².